The molecule has 2 amide bonds. The first kappa shape index (κ1) is 31.2. The van der Waals surface area contributed by atoms with Crippen LogP contribution in [0.4, 0.5) is 10.6 Å². The fraction of sp³-hybridized carbons (Fsp3) is 0.552. The Balaban J connectivity index is 1.24. The zero-order valence-corrected chi connectivity index (χ0v) is 27.5. The van der Waals surface area contributed by atoms with Crippen molar-refractivity contribution in [3.05, 3.63) is 22.9 Å². The number of nitrogens with zero attached hydrogens (tertiary/aromatic N) is 5. The molecule has 232 valence electrons. The van der Waals surface area contributed by atoms with Crippen molar-refractivity contribution in [2.45, 2.75) is 82.1 Å². The molecule has 3 aromatic rings. The van der Waals surface area contributed by atoms with Gasteiger partial charge in [0.05, 0.1) is 0 Å². The molecule has 0 bridgehead atoms. The lowest BCUT2D eigenvalue weighted by molar-refractivity contribution is -0.136. The molecule has 0 spiro atoms. The maximum atomic E-state index is 13.4. The number of aryl methyl sites for hydroxylation is 1. The molecule has 14 heteroatoms. The van der Waals surface area contributed by atoms with Crippen LogP contribution in [0.3, 0.4) is 0 Å². The second-order valence-electron chi connectivity index (χ2n) is 12.1. The van der Waals surface area contributed by atoms with Crippen molar-refractivity contribution in [2.24, 2.45) is 11.8 Å². The van der Waals surface area contributed by atoms with Crippen molar-refractivity contribution in [3.8, 4) is 11.5 Å². The molecule has 0 saturated carbocycles. The number of nitrogens with two attached hydrogens (primary N) is 1. The van der Waals surface area contributed by atoms with E-state index in [1.54, 1.807) is 20.8 Å². The largest absolute Gasteiger partial charge is 0.454 e. The zero-order valence-electron chi connectivity index (χ0n) is 25.1. The Morgan fingerprint density at radius 1 is 1.19 bits per heavy atom. The van der Waals surface area contributed by atoms with Crippen molar-refractivity contribution in [2.75, 3.05) is 25.6 Å². The number of hydrogen-bond donors (Lipinski definition) is 2. The first-order chi connectivity index (χ1) is 20.4. The van der Waals surface area contributed by atoms with Gasteiger partial charge in [0.15, 0.2) is 33.6 Å². The highest BCUT2D eigenvalue weighted by molar-refractivity contribution is 9.10. The van der Waals surface area contributed by atoms with Crippen molar-refractivity contribution in [3.63, 3.8) is 0 Å². The summed E-state index contributed by atoms with van der Waals surface area (Å²) in [4.78, 5) is 42.0. The predicted molar refractivity (Wildman–Crippen MR) is 166 cm³/mol. The van der Waals surface area contributed by atoms with Crippen LogP contribution in [-0.2, 0) is 16.1 Å². The quantitative estimate of drug-likeness (QED) is 0.325. The third-order valence-corrected chi connectivity index (χ3v) is 9.42. The number of fused-ring (bicyclic) bond motifs is 2. The van der Waals surface area contributed by atoms with E-state index in [1.807, 2.05) is 30.9 Å². The summed E-state index contributed by atoms with van der Waals surface area (Å²) in [5, 5.41) is 3.54. The van der Waals surface area contributed by atoms with Crippen LogP contribution in [0.25, 0.3) is 11.2 Å². The van der Waals surface area contributed by atoms with Gasteiger partial charge in [0.2, 0.25) is 12.7 Å². The van der Waals surface area contributed by atoms with Crippen molar-refractivity contribution in [1.82, 2.24) is 29.7 Å². The number of piperidine rings is 1. The van der Waals surface area contributed by atoms with Gasteiger partial charge in [-0.25, -0.2) is 19.7 Å². The molecule has 1 aromatic carbocycles. The van der Waals surface area contributed by atoms with Crippen molar-refractivity contribution >= 4 is 56.7 Å². The number of carbonyl (C=O) groups excluding carboxylic acids is 2. The number of anilines is 1. The Morgan fingerprint density at radius 2 is 1.88 bits per heavy atom. The number of amides is 2. The van der Waals surface area contributed by atoms with Crippen LogP contribution in [0.15, 0.2) is 33.0 Å². The number of ether oxygens (including phenoxy) is 3. The Labute approximate surface area is 263 Å². The molecule has 2 aromatic heterocycles. The maximum absolute atomic E-state index is 13.4. The molecule has 5 rings (SSSR count). The van der Waals surface area contributed by atoms with Gasteiger partial charge in [-0.05, 0) is 79.9 Å². The maximum Gasteiger partial charge on any atom is 0.408 e. The molecule has 2 aliphatic rings. The second kappa shape index (κ2) is 12.8. The molecule has 1 atom stereocenters. The normalized spacial score (nSPS) is 16.1. The SMILES string of the molecule is CC(C)[C@H](NC(=O)OC(C)(C)C)C(=O)N1CCC(CCn2c(Sc3cc4c(cc3Br)OCO4)nc3c(N)ncnc32)CC1. The summed E-state index contributed by atoms with van der Waals surface area (Å²) in [6.45, 7) is 11.4. The van der Waals surface area contributed by atoms with Crippen LogP contribution in [0.2, 0.25) is 0 Å². The number of likely N-dealkylation sites (tertiary alicyclic amines) is 1. The first-order valence-electron chi connectivity index (χ1n) is 14.4. The number of carbonyl (C=O) groups is 2. The smallest absolute Gasteiger partial charge is 0.408 e. The lowest BCUT2D eigenvalue weighted by atomic mass is 9.92. The Hall–Kier alpha value is -3.26. The number of rotatable bonds is 8. The summed E-state index contributed by atoms with van der Waals surface area (Å²) < 4.78 is 19.4. The molecule has 0 aliphatic carbocycles. The summed E-state index contributed by atoms with van der Waals surface area (Å²) in [7, 11) is 0. The number of aromatic nitrogens is 4. The lowest BCUT2D eigenvalue weighted by Crippen LogP contribution is -2.53. The molecule has 4 heterocycles. The van der Waals surface area contributed by atoms with Crippen molar-refractivity contribution < 1.29 is 23.8 Å². The zero-order chi connectivity index (χ0) is 30.9. The molecular formula is C29H38BrN7O5S. The van der Waals surface area contributed by atoms with Gasteiger partial charge < -0.3 is 34.7 Å². The molecule has 3 N–H and O–H groups in total. The van der Waals surface area contributed by atoms with Gasteiger partial charge in [0.25, 0.3) is 0 Å². The Morgan fingerprint density at radius 3 is 2.56 bits per heavy atom. The van der Waals surface area contributed by atoms with E-state index < -0.39 is 17.7 Å². The van der Waals surface area contributed by atoms with Gasteiger partial charge in [0, 0.05) is 29.0 Å². The number of hydrogen-bond acceptors (Lipinski definition) is 10. The molecule has 0 unspecified atom stereocenters. The fourth-order valence-corrected chi connectivity index (χ4v) is 6.70. The standard InChI is InChI=1S/C29H38BrN7O5S/c1-16(2)22(35-28(39)42-29(3,4)5)26(38)36-9-6-17(7-10-36)8-11-37-25-23(24(31)32-14-33-25)34-27(37)43-21-13-20-19(12-18(21)30)40-15-41-20/h12-14,16-17,22H,6-11,15H2,1-5H3,(H,35,39)(H2,31,32,33)/t22-/m0/s1. The third kappa shape index (κ3) is 7.28. The third-order valence-electron chi connectivity index (χ3n) is 7.45. The molecule has 43 heavy (non-hydrogen) atoms. The number of halogens is 1. The molecule has 0 radical (unpaired) electrons. The molecular weight excluding hydrogens is 638 g/mol. The Bertz CT molecular complexity index is 1500. The molecule has 1 fully saturated rings. The van der Waals surface area contributed by atoms with Crippen LogP contribution in [0, 0.1) is 11.8 Å². The Kier molecular flexibility index (Phi) is 9.26. The van der Waals surface area contributed by atoms with Crippen LogP contribution in [0.1, 0.15) is 53.9 Å². The van der Waals surface area contributed by atoms with Crippen LogP contribution in [0.5, 0.6) is 11.5 Å². The summed E-state index contributed by atoms with van der Waals surface area (Å²) >= 11 is 5.14. The van der Waals surface area contributed by atoms with E-state index in [1.165, 1.54) is 18.1 Å². The van der Waals surface area contributed by atoms with Gasteiger partial charge in [-0.3, -0.25) is 4.79 Å². The molecule has 12 nitrogen and oxygen atoms in total. The minimum Gasteiger partial charge on any atom is -0.454 e. The van der Waals surface area contributed by atoms with E-state index in [2.05, 4.69) is 35.8 Å². The predicted octanol–water partition coefficient (Wildman–Crippen LogP) is 5.23. The highest BCUT2D eigenvalue weighted by atomic mass is 79.9. The minimum absolute atomic E-state index is 0.0672. The fourth-order valence-electron chi connectivity index (χ4n) is 5.19. The van der Waals surface area contributed by atoms with Gasteiger partial charge in [-0.2, -0.15) is 0 Å². The topological polar surface area (TPSA) is 147 Å². The van der Waals surface area contributed by atoms with E-state index in [-0.39, 0.29) is 18.6 Å². The lowest BCUT2D eigenvalue weighted by Gasteiger charge is -2.35. The minimum atomic E-state index is -0.635. The number of benzene rings is 1. The average Bonchev–Trinajstić information content (AvgIpc) is 3.54. The van der Waals surface area contributed by atoms with E-state index in [4.69, 9.17) is 24.9 Å². The van der Waals surface area contributed by atoms with Gasteiger partial charge in [-0.1, -0.05) is 25.6 Å². The molecule has 1 saturated heterocycles. The van der Waals surface area contributed by atoms with Crippen molar-refractivity contribution in [1.29, 1.82) is 0 Å². The summed E-state index contributed by atoms with van der Waals surface area (Å²) in [6.07, 6.45) is 3.50. The van der Waals surface area contributed by atoms with E-state index in [0.717, 1.165) is 33.8 Å². The second-order valence-corrected chi connectivity index (χ2v) is 14.0. The van der Waals surface area contributed by atoms with Gasteiger partial charge >= 0.3 is 6.09 Å². The summed E-state index contributed by atoms with van der Waals surface area (Å²) in [6, 6.07) is 3.20. The number of nitrogens with one attached hydrogen (secondary N) is 1. The number of alkyl carbamates (subject to hydrolysis) is 1. The van der Waals surface area contributed by atoms with E-state index in [0.29, 0.717) is 54.0 Å². The number of imidazole rings is 1. The number of nitrogen functional groups attached to an aromatic ring is 1. The summed E-state index contributed by atoms with van der Waals surface area (Å²) in [5.74, 6) is 2.00. The van der Waals surface area contributed by atoms with E-state index in [9.17, 15) is 9.59 Å². The highest BCUT2D eigenvalue weighted by Gasteiger charge is 2.32. The average molecular weight is 677 g/mol. The van der Waals surface area contributed by atoms with E-state index >= 15 is 0 Å². The monoisotopic (exact) mass is 675 g/mol. The van der Waals surface area contributed by atoms with Crippen LogP contribution < -0.4 is 20.5 Å². The first-order valence-corrected chi connectivity index (χ1v) is 16.0. The van der Waals surface area contributed by atoms with Crippen LogP contribution >= 0.6 is 27.7 Å². The van der Waals surface area contributed by atoms with Crippen LogP contribution in [-0.4, -0.2) is 67.9 Å². The highest BCUT2D eigenvalue weighted by Crippen LogP contribution is 2.43. The summed E-state index contributed by atoms with van der Waals surface area (Å²) in [5.41, 5.74) is 6.79. The van der Waals surface area contributed by atoms with Gasteiger partial charge in [-0.15, -0.1) is 0 Å². The molecule has 2 aliphatic heterocycles. The van der Waals surface area contributed by atoms with Gasteiger partial charge in [0.1, 0.15) is 18.0 Å².